The molecule has 1 aromatic rings. The lowest BCUT2D eigenvalue weighted by atomic mass is 10.2. The van der Waals surface area contributed by atoms with Crippen LogP contribution < -0.4 is 5.32 Å². The molecule has 2 N–H and O–H groups in total. The van der Waals surface area contributed by atoms with Gasteiger partial charge in [-0.1, -0.05) is 27.5 Å². The van der Waals surface area contributed by atoms with Gasteiger partial charge in [-0.25, -0.2) is 0 Å². The quantitative estimate of drug-likeness (QED) is 0.837. The molecular formula is C10H9BrCl2N2O. The van der Waals surface area contributed by atoms with E-state index in [1.54, 1.807) is 12.1 Å². The largest absolute Gasteiger partial charge is 0.390 e. The molecule has 1 unspecified atom stereocenters. The first-order valence-electron chi connectivity index (χ1n) is 4.45. The van der Waals surface area contributed by atoms with Crippen molar-refractivity contribution in [3.05, 3.63) is 27.2 Å². The van der Waals surface area contributed by atoms with Gasteiger partial charge in [0.2, 0.25) is 0 Å². The Balaban J connectivity index is 2.91. The zero-order chi connectivity index (χ0) is 12.1. The Kier molecular flexibility index (Phi) is 5.36. The highest BCUT2D eigenvalue weighted by atomic mass is 79.9. The van der Waals surface area contributed by atoms with E-state index < -0.39 is 6.10 Å². The Morgan fingerprint density at radius 3 is 2.81 bits per heavy atom. The second-order valence-electron chi connectivity index (χ2n) is 3.11. The lowest BCUT2D eigenvalue weighted by molar-refractivity contribution is 0.211. The first-order valence-corrected chi connectivity index (χ1v) is 6.16. The minimum atomic E-state index is -0.673. The van der Waals surface area contributed by atoms with Crippen LogP contribution in [0.25, 0.3) is 0 Å². The number of aliphatic hydroxyl groups is 1. The fourth-order valence-electron chi connectivity index (χ4n) is 1.12. The molecule has 1 aromatic carbocycles. The van der Waals surface area contributed by atoms with Gasteiger partial charge >= 0.3 is 0 Å². The van der Waals surface area contributed by atoms with Crippen LogP contribution in [0.1, 0.15) is 5.56 Å². The van der Waals surface area contributed by atoms with Crippen LogP contribution in [0.2, 0.25) is 5.02 Å². The Bertz CT molecular complexity index is 420. The van der Waals surface area contributed by atoms with Crippen molar-refractivity contribution in [3.63, 3.8) is 0 Å². The summed E-state index contributed by atoms with van der Waals surface area (Å²) < 4.78 is 0.734. The van der Waals surface area contributed by atoms with Gasteiger partial charge in [0.15, 0.2) is 0 Å². The number of nitrogens with one attached hydrogen (secondary N) is 1. The number of rotatable bonds is 4. The van der Waals surface area contributed by atoms with Crippen molar-refractivity contribution in [3.8, 4) is 6.07 Å². The second-order valence-corrected chi connectivity index (χ2v) is 4.74. The molecule has 0 fully saturated rings. The number of hydrogen-bond acceptors (Lipinski definition) is 3. The summed E-state index contributed by atoms with van der Waals surface area (Å²) in [5.74, 6) is 0.128. The third-order valence-electron chi connectivity index (χ3n) is 1.87. The number of nitrogens with zero attached hydrogens (tertiary/aromatic N) is 1. The van der Waals surface area contributed by atoms with Crippen LogP contribution in [0.5, 0.6) is 0 Å². The molecule has 16 heavy (non-hydrogen) atoms. The van der Waals surface area contributed by atoms with Gasteiger partial charge in [0, 0.05) is 11.0 Å². The molecule has 0 saturated carbocycles. The van der Waals surface area contributed by atoms with Gasteiger partial charge in [-0.15, -0.1) is 11.6 Å². The lowest BCUT2D eigenvalue weighted by Crippen LogP contribution is -2.21. The van der Waals surface area contributed by atoms with Crippen molar-refractivity contribution in [1.82, 2.24) is 0 Å². The van der Waals surface area contributed by atoms with Crippen LogP contribution in [0.15, 0.2) is 16.6 Å². The summed E-state index contributed by atoms with van der Waals surface area (Å²) in [6.07, 6.45) is -0.673. The molecule has 0 spiro atoms. The van der Waals surface area contributed by atoms with Gasteiger partial charge in [0.05, 0.1) is 28.3 Å². The fraction of sp³-hybridized carbons (Fsp3) is 0.300. The Morgan fingerprint density at radius 1 is 1.56 bits per heavy atom. The van der Waals surface area contributed by atoms with Crippen LogP contribution in [-0.2, 0) is 0 Å². The lowest BCUT2D eigenvalue weighted by Gasteiger charge is -2.13. The van der Waals surface area contributed by atoms with Crippen LogP contribution in [0, 0.1) is 11.3 Å². The number of hydrogen-bond donors (Lipinski definition) is 2. The minimum Gasteiger partial charge on any atom is -0.390 e. The van der Waals surface area contributed by atoms with E-state index in [0.717, 1.165) is 4.47 Å². The summed E-state index contributed by atoms with van der Waals surface area (Å²) in [6, 6.07) is 5.36. The van der Waals surface area contributed by atoms with E-state index in [0.29, 0.717) is 16.3 Å². The molecule has 0 bridgehead atoms. The van der Waals surface area contributed by atoms with Gasteiger partial charge in [-0.05, 0) is 12.1 Å². The van der Waals surface area contributed by atoms with Gasteiger partial charge in [-0.2, -0.15) is 5.26 Å². The topological polar surface area (TPSA) is 56.0 Å². The van der Waals surface area contributed by atoms with Crippen LogP contribution in [0.4, 0.5) is 5.69 Å². The molecule has 6 heteroatoms. The van der Waals surface area contributed by atoms with Crippen molar-refractivity contribution in [1.29, 1.82) is 5.26 Å². The number of halogens is 3. The highest BCUT2D eigenvalue weighted by Gasteiger charge is 2.10. The molecule has 0 aromatic heterocycles. The summed E-state index contributed by atoms with van der Waals surface area (Å²) in [5, 5.41) is 21.6. The molecule has 0 aliphatic rings. The molecule has 86 valence electrons. The standard InChI is InChI=1S/C10H9BrCl2N2O/c11-7-1-6(4-14)10(9(13)2-7)15-5-8(16)3-12/h1-2,8,15-16H,3,5H2. The average molecular weight is 324 g/mol. The Labute approximate surface area is 112 Å². The maximum absolute atomic E-state index is 9.30. The van der Waals surface area contributed by atoms with Crippen LogP contribution in [0.3, 0.4) is 0 Å². The van der Waals surface area contributed by atoms with Crippen molar-refractivity contribution in [2.45, 2.75) is 6.10 Å². The zero-order valence-corrected chi connectivity index (χ0v) is 11.3. The molecule has 1 atom stereocenters. The van der Waals surface area contributed by atoms with Gasteiger partial charge in [0.25, 0.3) is 0 Å². The highest BCUT2D eigenvalue weighted by Crippen LogP contribution is 2.29. The van der Waals surface area contributed by atoms with Crippen LogP contribution in [-0.4, -0.2) is 23.6 Å². The Hall–Kier alpha value is -0.470. The van der Waals surface area contributed by atoms with Crippen LogP contribution >= 0.6 is 39.1 Å². The first kappa shape index (κ1) is 13.6. The summed E-state index contributed by atoms with van der Waals surface area (Å²) in [4.78, 5) is 0. The summed E-state index contributed by atoms with van der Waals surface area (Å²) in [6.45, 7) is 0.250. The minimum absolute atomic E-state index is 0.128. The van der Waals surface area contributed by atoms with E-state index in [2.05, 4.69) is 21.2 Å². The molecule has 1 rings (SSSR count). The van der Waals surface area contributed by atoms with Gasteiger partial charge < -0.3 is 10.4 Å². The maximum atomic E-state index is 9.30. The monoisotopic (exact) mass is 322 g/mol. The number of nitriles is 1. The summed E-state index contributed by atoms with van der Waals surface area (Å²) >= 11 is 14.7. The number of alkyl halides is 1. The molecule has 0 heterocycles. The zero-order valence-electron chi connectivity index (χ0n) is 8.17. The fourth-order valence-corrected chi connectivity index (χ4v) is 2.10. The molecule has 3 nitrogen and oxygen atoms in total. The molecule has 0 amide bonds. The Morgan fingerprint density at radius 2 is 2.25 bits per heavy atom. The number of aliphatic hydroxyl groups excluding tert-OH is 1. The van der Waals surface area contributed by atoms with E-state index in [9.17, 15) is 5.11 Å². The van der Waals surface area contributed by atoms with Crippen molar-refractivity contribution in [2.24, 2.45) is 0 Å². The predicted molar refractivity (Wildman–Crippen MR) is 69.1 cm³/mol. The molecular weight excluding hydrogens is 315 g/mol. The molecule has 0 aliphatic heterocycles. The van der Waals surface area contributed by atoms with E-state index in [1.807, 2.05) is 6.07 Å². The smallest absolute Gasteiger partial charge is 0.101 e. The molecule has 0 saturated heterocycles. The van der Waals surface area contributed by atoms with E-state index in [4.69, 9.17) is 28.5 Å². The summed E-state index contributed by atoms with van der Waals surface area (Å²) in [5.41, 5.74) is 0.928. The van der Waals surface area contributed by atoms with Gasteiger partial charge in [0.1, 0.15) is 6.07 Å². The van der Waals surface area contributed by atoms with E-state index >= 15 is 0 Å². The molecule has 0 aliphatic carbocycles. The SMILES string of the molecule is N#Cc1cc(Br)cc(Cl)c1NCC(O)CCl. The van der Waals surface area contributed by atoms with Crippen molar-refractivity contribution >= 4 is 44.8 Å². The molecule has 0 radical (unpaired) electrons. The van der Waals surface area contributed by atoms with Gasteiger partial charge in [-0.3, -0.25) is 0 Å². The highest BCUT2D eigenvalue weighted by molar-refractivity contribution is 9.10. The third-order valence-corrected chi connectivity index (χ3v) is 2.98. The number of benzene rings is 1. The first-order chi connectivity index (χ1) is 7.58. The third kappa shape index (κ3) is 3.53. The van der Waals surface area contributed by atoms with Crippen molar-refractivity contribution in [2.75, 3.05) is 17.7 Å². The van der Waals surface area contributed by atoms with E-state index in [1.165, 1.54) is 0 Å². The maximum Gasteiger partial charge on any atom is 0.101 e. The normalized spacial score (nSPS) is 11.9. The predicted octanol–water partition coefficient (Wildman–Crippen LogP) is 2.99. The van der Waals surface area contributed by atoms with E-state index in [-0.39, 0.29) is 12.4 Å². The number of anilines is 1. The summed E-state index contributed by atoms with van der Waals surface area (Å²) in [7, 11) is 0. The van der Waals surface area contributed by atoms with Crippen molar-refractivity contribution < 1.29 is 5.11 Å². The second kappa shape index (κ2) is 6.31. The average Bonchev–Trinajstić information content (AvgIpc) is 2.26.